The molecule has 0 aromatic carbocycles. The Labute approximate surface area is 104 Å². The van der Waals surface area contributed by atoms with E-state index in [0.29, 0.717) is 18.6 Å². The first-order valence-corrected chi connectivity index (χ1v) is 6.29. The summed E-state index contributed by atoms with van der Waals surface area (Å²) in [7, 11) is 1.65. The molecule has 0 saturated heterocycles. The van der Waals surface area contributed by atoms with E-state index in [1.807, 2.05) is 25.2 Å². The number of ether oxygens (including phenoxy) is 1. The van der Waals surface area contributed by atoms with E-state index in [4.69, 9.17) is 4.74 Å². The van der Waals surface area contributed by atoms with Gasteiger partial charge in [0, 0.05) is 12.8 Å². The Kier molecular flexibility index (Phi) is 5.42. The zero-order valence-corrected chi connectivity index (χ0v) is 11.1. The number of hydrogen-bond acceptors (Lipinski definition) is 3. The molecule has 0 spiro atoms. The fraction of sp³-hybridized carbons (Fsp3) is 0.643. The van der Waals surface area contributed by atoms with Gasteiger partial charge >= 0.3 is 0 Å². The second-order valence-electron chi connectivity index (χ2n) is 4.67. The number of ketones is 1. The first kappa shape index (κ1) is 14.0. The van der Waals surface area contributed by atoms with Crippen molar-refractivity contribution in [2.45, 2.75) is 33.1 Å². The van der Waals surface area contributed by atoms with Gasteiger partial charge in [0.15, 0.2) is 0 Å². The van der Waals surface area contributed by atoms with E-state index in [1.54, 1.807) is 7.11 Å². The lowest BCUT2D eigenvalue weighted by molar-refractivity contribution is -0.126. The highest BCUT2D eigenvalue weighted by atomic mass is 16.5. The summed E-state index contributed by atoms with van der Waals surface area (Å²) in [5.41, 5.74) is -0.383. The molecule has 1 rings (SSSR count). The van der Waals surface area contributed by atoms with E-state index in [1.165, 1.54) is 0 Å². The molecule has 1 aliphatic carbocycles. The van der Waals surface area contributed by atoms with Gasteiger partial charge in [-0.15, -0.1) is 0 Å². The highest BCUT2D eigenvalue weighted by Crippen LogP contribution is 2.33. The number of carbonyl (C=O) groups excluding carboxylic acids is 1. The molecular formula is C14H23NO2. The van der Waals surface area contributed by atoms with Crippen LogP contribution in [0.15, 0.2) is 24.0 Å². The van der Waals surface area contributed by atoms with Crippen molar-refractivity contribution in [3.8, 4) is 0 Å². The highest BCUT2D eigenvalue weighted by Gasteiger charge is 2.32. The van der Waals surface area contributed by atoms with Crippen molar-refractivity contribution in [2.75, 3.05) is 20.2 Å². The molecule has 0 saturated carbocycles. The predicted molar refractivity (Wildman–Crippen MR) is 69.7 cm³/mol. The van der Waals surface area contributed by atoms with Crippen LogP contribution in [0.3, 0.4) is 0 Å². The van der Waals surface area contributed by atoms with Gasteiger partial charge in [0.25, 0.3) is 0 Å². The standard InChI is InChI=1S/C14H23NO2/c1-4-15-10-6-8-13(16)14(2)9-5-7-12(11-14)17-3/h5,7,9,15H,4,6,8,10-11H2,1-3H3. The summed E-state index contributed by atoms with van der Waals surface area (Å²) in [6.07, 6.45) is 8.05. The lowest BCUT2D eigenvalue weighted by Crippen LogP contribution is -2.28. The molecule has 0 aliphatic heterocycles. The first-order valence-electron chi connectivity index (χ1n) is 6.29. The third-order valence-electron chi connectivity index (χ3n) is 3.19. The molecule has 96 valence electrons. The molecule has 0 bridgehead atoms. The lowest BCUT2D eigenvalue weighted by Gasteiger charge is -2.27. The molecule has 0 fully saturated rings. The molecule has 0 aromatic heterocycles. The maximum Gasteiger partial charge on any atom is 0.143 e. The zero-order valence-electron chi connectivity index (χ0n) is 11.1. The van der Waals surface area contributed by atoms with Gasteiger partial charge in [0.2, 0.25) is 0 Å². The van der Waals surface area contributed by atoms with Crippen molar-refractivity contribution in [3.05, 3.63) is 24.0 Å². The summed E-state index contributed by atoms with van der Waals surface area (Å²) in [6.45, 7) is 5.94. The SMILES string of the molecule is CCNCCCC(=O)C1(C)C=CC=C(OC)C1. The Morgan fingerprint density at radius 3 is 3.00 bits per heavy atom. The fourth-order valence-corrected chi connectivity index (χ4v) is 2.02. The van der Waals surface area contributed by atoms with Crippen LogP contribution in [0.5, 0.6) is 0 Å². The van der Waals surface area contributed by atoms with Crippen LogP contribution in [0.1, 0.15) is 33.1 Å². The van der Waals surface area contributed by atoms with E-state index in [2.05, 4.69) is 12.2 Å². The van der Waals surface area contributed by atoms with Gasteiger partial charge in [-0.25, -0.2) is 0 Å². The van der Waals surface area contributed by atoms with Crippen LogP contribution >= 0.6 is 0 Å². The predicted octanol–water partition coefficient (Wildman–Crippen LogP) is 2.44. The molecule has 1 unspecified atom stereocenters. The number of nitrogens with one attached hydrogen (secondary N) is 1. The Morgan fingerprint density at radius 1 is 1.59 bits per heavy atom. The molecule has 0 heterocycles. The molecule has 1 N–H and O–H groups in total. The van der Waals surface area contributed by atoms with Crippen LogP contribution in [-0.2, 0) is 9.53 Å². The van der Waals surface area contributed by atoms with Crippen molar-refractivity contribution < 1.29 is 9.53 Å². The van der Waals surface area contributed by atoms with Gasteiger partial charge < -0.3 is 10.1 Å². The topological polar surface area (TPSA) is 38.3 Å². The summed E-state index contributed by atoms with van der Waals surface area (Å²) >= 11 is 0. The number of allylic oxidation sites excluding steroid dienone is 4. The molecule has 1 atom stereocenters. The third-order valence-corrected chi connectivity index (χ3v) is 3.19. The molecule has 1 aliphatic rings. The summed E-state index contributed by atoms with van der Waals surface area (Å²) in [5, 5.41) is 3.23. The molecule has 0 amide bonds. The molecule has 0 aromatic rings. The normalized spacial score (nSPS) is 23.4. The second-order valence-corrected chi connectivity index (χ2v) is 4.67. The summed E-state index contributed by atoms with van der Waals surface area (Å²) in [6, 6.07) is 0. The van der Waals surface area contributed by atoms with E-state index in [9.17, 15) is 4.79 Å². The quantitative estimate of drug-likeness (QED) is 0.691. The Bertz CT molecular complexity index is 320. The van der Waals surface area contributed by atoms with Gasteiger partial charge in [-0.3, -0.25) is 4.79 Å². The smallest absolute Gasteiger partial charge is 0.143 e. The minimum Gasteiger partial charge on any atom is -0.501 e. The van der Waals surface area contributed by atoms with E-state index in [-0.39, 0.29) is 5.41 Å². The second kappa shape index (κ2) is 6.60. The van der Waals surface area contributed by atoms with Crippen molar-refractivity contribution in [1.82, 2.24) is 5.32 Å². The number of Topliss-reactive ketones (excluding diaryl/α,β-unsaturated/α-hetero) is 1. The van der Waals surface area contributed by atoms with Gasteiger partial charge in [-0.05, 0) is 32.5 Å². The van der Waals surface area contributed by atoms with Crippen LogP contribution < -0.4 is 5.32 Å². The van der Waals surface area contributed by atoms with Crippen LogP contribution in [0.2, 0.25) is 0 Å². The summed E-state index contributed by atoms with van der Waals surface area (Å²) in [5.74, 6) is 1.18. The first-order chi connectivity index (χ1) is 8.12. The minimum absolute atomic E-state index is 0.300. The molecule has 3 nitrogen and oxygen atoms in total. The Hall–Kier alpha value is -1.09. The fourth-order valence-electron chi connectivity index (χ4n) is 2.02. The third kappa shape index (κ3) is 4.00. The Balaban J connectivity index is 2.46. The number of carbonyl (C=O) groups is 1. The average molecular weight is 237 g/mol. The van der Waals surface area contributed by atoms with Crippen LogP contribution in [-0.4, -0.2) is 26.0 Å². The summed E-state index contributed by atoms with van der Waals surface area (Å²) < 4.78 is 5.23. The maximum absolute atomic E-state index is 12.2. The number of methoxy groups -OCH3 is 1. The average Bonchev–Trinajstić information content (AvgIpc) is 2.34. The van der Waals surface area contributed by atoms with Crippen LogP contribution in [0, 0.1) is 5.41 Å². The van der Waals surface area contributed by atoms with Crippen molar-refractivity contribution in [3.63, 3.8) is 0 Å². The number of rotatable bonds is 7. The van der Waals surface area contributed by atoms with Crippen LogP contribution in [0.4, 0.5) is 0 Å². The van der Waals surface area contributed by atoms with Gasteiger partial charge in [-0.1, -0.05) is 19.1 Å². The van der Waals surface area contributed by atoms with E-state index < -0.39 is 0 Å². The van der Waals surface area contributed by atoms with Gasteiger partial charge in [0.05, 0.1) is 18.3 Å². The minimum atomic E-state index is -0.383. The Morgan fingerprint density at radius 2 is 2.35 bits per heavy atom. The van der Waals surface area contributed by atoms with Crippen molar-refractivity contribution in [2.24, 2.45) is 5.41 Å². The van der Waals surface area contributed by atoms with Crippen molar-refractivity contribution >= 4 is 5.78 Å². The van der Waals surface area contributed by atoms with E-state index >= 15 is 0 Å². The largest absolute Gasteiger partial charge is 0.501 e. The van der Waals surface area contributed by atoms with Gasteiger partial charge in [0.1, 0.15) is 5.78 Å². The number of hydrogen-bond donors (Lipinski definition) is 1. The monoisotopic (exact) mass is 237 g/mol. The van der Waals surface area contributed by atoms with Crippen molar-refractivity contribution in [1.29, 1.82) is 0 Å². The summed E-state index contributed by atoms with van der Waals surface area (Å²) in [4.78, 5) is 12.2. The molecule has 17 heavy (non-hydrogen) atoms. The molecular weight excluding hydrogens is 214 g/mol. The van der Waals surface area contributed by atoms with Gasteiger partial charge in [-0.2, -0.15) is 0 Å². The maximum atomic E-state index is 12.2. The molecule has 0 radical (unpaired) electrons. The lowest BCUT2D eigenvalue weighted by atomic mass is 9.77. The van der Waals surface area contributed by atoms with Crippen LogP contribution in [0.25, 0.3) is 0 Å². The molecule has 3 heteroatoms. The zero-order chi connectivity index (χ0) is 12.7. The highest BCUT2D eigenvalue weighted by molar-refractivity contribution is 5.87. The van der Waals surface area contributed by atoms with E-state index in [0.717, 1.165) is 25.3 Å².